The highest BCUT2D eigenvalue weighted by atomic mass is 16.3. The summed E-state index contributed by atoms with van der Waals surface area (Å²) in [5.41, 5.74) is 1.83. The van der Waals surface area contributed by atoms with Gasteiger partial charge in [0.25, 0.3) is 0 Å². The van der Waals surface area contributed by atoms with E-state index in [-0.39, 0.29) is 6.54 Å². The third kappa shape index (κ3) is 3.81. The molecule has 3 N–H and O–H groups in total. The van der Waals surface area contributed by atoms with Gasteiger partial charge in [-0.1, -0.05) is 42.5 Å². The Morgan fingerprint density at radius 2 is 1.54 bits per heavy atom. The Hall–Kier alpha value is -2.66. The molecule has 0 aliphatic heterocycles. The summed E-state index contributed by atoms with van der Waals surface area (Å²) in [5.74, 6) is -1.46. The molecule has 1 aliphatic rings. The van der Waals surface area contributed by atoms with Crippen LogP contribution in [0.5, 0.6) is 0 Å². The molecule has 2 amide bonds. The highest BCUT2D eigenvalue weighted by molar-refractivity contribution is 6.39. The van der Waals surface area contributed by atoms with Crippen LogP contribution in [0.1, 0.15) is 19.3 Å². The lowest BCUT2D eigenvalue weighted by Gasteiger charge is -2.36. The van der Waals surface area contributed by atoms with E-state index in [2.05, 4.69) is 10.6 Å². The number of carbonyl (C=O) groups is 2. The largest absolute Gasteiger partial charge is 0.388 e. The fourth-order valence-electron chi connectivity index (χ4n) is 2.65. The maximum atomic E-state index is 11.9. The van der Waals surface area contributed by atoms with Gasteiger partial charge in [-0.05, 0) is 42.5 Å². The monoisotopic (exact) mass is 324 g/mol. The molecule has 1 aliphatic carbocycles. The number of amides is 2. The van der Waals surface area contributed by atoms with Crippen LogP contribution in [0.15, 0.2) is 54.6 Å². The third-order valence-corrected chi connectivity index (χ3v) is 4.32. The first-order chi connectivity index (χ1) is 11.6. The lowest BCUT2D eigenvalue weighted by atomic mass is 9.80. The summed E-state index contributed by atoms with van der Waals surface area (Å²) in [6.45, 7) is 0.117. The minimum atomic E-state index is -0.840. The van der Waals surface area contributed by atoms with Crippen LogP contribution in [0.3, 0.4) is 0 Å². The van der Waals surface area contributed by atoms with Crippen molar-refractivity contribution in [3.05, 3.63) is 54.6 Å². The zero-order chi connectivity index (χ0) is 17.0. The van der Waals surface area contributed by atoms with Gasteiger partial charge in [0, 0.05) is 12.2 Å². The fraction of sp³-hybridized carbons (Fsp3) is 0.263. The van der Waals surface area contributed by atoms with Crippen molar-refractivity contribution in [2.75, 3.05) is 11.9 Å². The minimum Gasteiger partial charge on any atom is -0.388 e. The van der Waals surface area contributed by atoms with Crippen molar-refractivity contribution in [1.82, 2.24) is 5.32 Å². The van der Waals surface area contributed by atoms with E-state index in [4.69, 9.17) is 0 Å². The van der Waals surface area contributed by atoms with Gasteiger partial charge in [0.15, 0.2) is 0 Å². The van der Waals surface area contributed by atoms with Crippen molar-refractivity contribution in [2.24, 2.45) is 0 Å². The van der Waals surface area contributed by atoms with E-state index in [0.717, 1.165) is 17.5 Å². The highest BCUT2D eigenvalue weighted by Gasteiger charge is 2.35. The Balaban J connectivity index is 1.55. The van der Waals surface area contributed by atoms with Crippen LogP contribution in [-0.2, 0) is 9.59 Å². The van der Waals surface area contributed by atoms with E-state index in [1.807, 2.05) is 42.5 Å². The number of rotatable bonds is 4. The lowest BCUT2D eigenvalue weighted by Crippen LogP contribution is -2.49. The summed E-state index contributed by atoms with van der Waals surface area (Å²) < 4.78 is 0. The highest BCUT2D eigenvalue weighted by Crippen LogP contribution is 2.30. The average Bonchev–Trinajstić information content (AvgIpc) is 2.59. The van der Waals surface area contributed by atoms with E-state index in [0.29, 0.717) is 18.5 Å². The molecule has 0 radical (unpaired) electrons. The van der Waals surface area contributed by atoms with Crippen LogP contribution in [0.25, 0.3) is 11.1 Å². The van der Waals surface area contributed by atoms with Gasteiger partial charge in [-0.2, -0.15) is 0 Å². The normalized spacial score (nSPS) is 15.2. The Morgan fingerprint density at radius 3 is 2.12 bits per heavy atom. The molecule has 3 rings (SSSR count). The number of carbonyl (C=O) groups excluding carboxylic acids is 2. The second kappa shape index (κ2) is 6.84. The summed E-state index contributed by atoms with van der Waals surface area (Å²) in [4.78, 5) is 23.7. The topological polar surface area (TPSA) is 78.4 Å². The van der Waals surface area contributed by atoms with Gasteiger partial charge in [-0.3, -0.25) is 9.59 Å². The van der Waals surface area contributed by atoms with Gasteiger partial charge in [-0.15, -0.1) is 0 Å². The summed E-state index contributed by atoms with van der Waals surface area (Å²) in [7, 11) is 0. The van der Waals surface area contributed by atoms with Gasteiger partial charge in [-0.25, -0.2) is 0 Å². The third-order valence-electron chi connectivity index (χ3n) is 4.32. The molecule has 0 heterocycles. The fourth-order valence-corrected chi connectivity index (χ4v) is 2.65. The Labute approximate surface area is 140 Å². The SMILES string of the molecule is O=C(NCC1(O)CCC1)C(=O)Nc1ccc(-c2ccccc2)cc1. The standard InChI is InChI=1S/C19H20N2O3/c22-17(20-13-19(24)11-4-12-19)18(23)21-16-9-7-15(8-10-16)14-5-2-1-3-6-14/h1-3,5-10,24H,4,11-13H2,(H,20,22)(H,21,23). The van der Waals surface area contributed by atoms with Gasteiger partial charge in [0.2, 0.25) is 0 Å². The van der Waals surface area contributed by atoms with Gasteiger partial charge in [0.05, 0.1) is 5.60 Å². The molecular formula is C19H20N2O3. The summed E-state index contributed by atoms with van der Waals surface area (Å²) >= 11 is 0. The van der Waals surface area contributed by atoms with E-state index in [1.54, 1.807) is 12.1 Å². The zero-order valence-corrected chi connectivity index (χ0v) is 13.3. The van der Waals surface area contributed by atoms with Crippen molar-refractivity contribution in [1.29, 1.82) is 0 Å². The first kappa shape index (κ1) is 16.2. The molecule has 5 nitrogen and oxygen atoms in total. The molecule has 0 aromatic heterocycles. The van der Waals surface area contributed by atoms with Crippen molar-refractivity contribution >= 4 is 17.5 Å². The quantitative estimate of drug-likeness (QED) is 0.755. The second-order valence-electron chi connectivity index (χ2n) is 6.16. The molecule has 1 saturated carbocycles. The van der Waals surface area contributed by atoms with Crippen molar-refractivity contribution in [3.63, 3.8) is 0 Å². The first-order valence-electron chi connectivity index (χ1n) is 8.03. The van der Waals surface area contributed by atoms with Gasteiger partial charge < -0.3 is 15.7 Å². The van der Waals surface area contributed by atoms with E-state index < -0.39 is 17.4 Å². The Morgan fingerprint density at radius 1 is 0.917 bits per heavy atom. The molecule has 0 saturated heterocycles. The smallest absolute Gasteiger partial charge is 0.313 e. The lowest BCUT2D eigenvalue weighted by molar-refractivity contribution is -0.137. The number of aliphatic hydroxyl groups is 1. The van der Waals surface area contributed by atoms with Crippen LogP contribution in [-0.4, -0.2) is 29.1 Å². The summed E-state index contributed by atoms with van der Waals surface area (Å²) in [6, 6.07) is 17.2. The van der Waals surface area contributed by atoms with Crippen molar-refractivity contribution < 1.29 is 14.7 Å². The molecule has 0 spiro atoms. The number of hydrogen-bond acceptors (Lipinski definition) is 3. The molecule has 124 valence electrons. The summed E-state index contributed by atoms with van der Waals surface area (Å²) in [6.07, 6.45) is 2.28. The number of anilines is 1. The predicted molar refractivity (Wildman–Crippen MR) is 92.3 cm³/mol. The molecule has 1 fully saturated rings. The van der Waals surface area contributed by atoms with Crippen molar-refractivity contribution in [2.45, 2.75) is 24.9 Å². The van der Waals surface area contributed by atoms with E-state index in [9.17, 15) is 14.7 Å². The van der Waals surface area contributed by atoms with Crippen LogP contribution < -0.4 is 10.6 Å². The second-order valence-corrected chi connectivity index (χ2v) is 6.16. The van der Waals surface area contributed by atoms with Crippen LogP contribution >= 0.6 is 0 Å². The van der Waals surface area contributed by atoms with Gasteiger partial charge >= 0.3 is 11.8 Å². The zero-order valence-electron chi connectivity index (χ0n) is 13.3. The molecule has 0 atom stereocenters. The Kier molecular flexibility index (Phi) is 4.62. The molecule has 0 bridgehead atoms. The van der Waals surface area contributed by atoms with Crippen LogP contribution in [0.4, 0.5) is 5.69 Å². The van der Waals surface area contributed by atoms with Gasteiger partial charge in [0.1, 0.15) is 0 Å². The number of nitrogens with one attached hydrogen (secondary N) is 2. The first-order valence-corrected chi connectivity index (χ1v) is 8.03. The minimum absolute atomic E-state index is 0.117. The molecule has 24 heavy (non-hydrogen) atoms. The molecular weight excluding hydrogens is 304 g/mol. The maximum Gasteiger partial charge on any atom is 0.313 e. The van der Waals surface area contributed by atoms with E-state index >= 15 is 0 Å². The molecule has 2 aromatic carbocycles. The van der Waals surface area contributed by atoms with Crippen molar-refractivity contribution in [3.8, 4) is 11.1 Å². The Bertz CT molecular complexity index is 722. The molecule has 2 aromatic rings. The maximum absolute atomic E-state index is 11.9. The van der Waals surface area contributed by atoms with Crippen LogP contribution in [0.2, 0.25) is 0 Å². The van der Waals surface area contributed by atoms with Crippen LogP contribution in [0, 0.1) is 0 Å². The molecule has 0 unspecified atom stereocenters. The predicted octanol–water partition coefficient (Wildman–Crippen LogP) is 2.32. The number of benzene rings is 2. The van der Waals surface area contributed by atoms with E-state index in [1.165, 1.54) is 0 Å². The summed E-state index contributed by atoms with van der Waals surface area (Å²) in [5, 5.41) is 15.0. The average molecular weight is 324 g/mol. The molecule has 5 heteroatoms. The number of hydrogen-bond donors (Lipinski definition) is 3.